The number of benzene rings is 3. The molecule has 266 valence electrons. The number of amides is 1. The van der Waals surface area contributed by atoms with E-state index in [-0.39, 0.29) is 36.4 Å². The number of carbonyl (C=O) groups excluding carboxylic acids is 1. The number of halogens is 2. The van der Waals surface area contributed by atoms with Gasteiger partial charge in [-0.3, -0.25) is 19.1 Å². The van der Waals surface area contributed by atoms with Crippen molar-refractivity contribution in [1.82, 2.24) is 34.5 Å². The Morgan fingerprint density at radius 3 is 2.69 bits per heavy atom. The van der Waals surface area contributed by atoms with Crippen LogP contribution < -0.4 is 26.2 Å². The van der Waals surface area contributed by atoms with Gasteiger partial charge in [0.05, 0.1) is 34.9 Å². The number of carbonyl (C=O) groups is 1. The standard InChI is InChI=1S/C36H33F2N9O4S/c37-22-6-8-26(27(38)14-22)36(50,19-45-21-40-20-41-45)18-44-11-10-23(17-44)42-33(48)31-16-29-34(52-31)43-32(39)35(49)47(29)25-7-9-30-28(15-25)46(12-13-51-30)24-4-2-1-3-5-24/h1-9,14-16,20-21,23,50H,10-13,17-19H2,(H2,39,43)(H,42,48)/t23-,36-/m1/s1. The van der Waals surface area contributed by atoms with E-state index in [1.165, 1.54) is 28.0 Å². The molecule has 2 atom stereocenters. The topological polar surface area (TPSA) is 157 Å². The molecule has 5 heterocycles. The molecule has 0 radical (unpaired) electrons. The van der Waals surface area contributed by atoms with Crippen LogP contribution >= 0.6 is 11.3 Å². The highest BCUT2D eigenvalue weighted by Crippen LogP contribution is 2.39. The Kier molecular flexibility index (Phi) is 8.64. The maximum atomic E-state index is 15.0. The number of nitrogens with two attached hydrogens (primary N) is 1. The summed E-state index contributed by atoms with van der Waals surface area (Å²) in [5.74, 6) is -1.50. The van der Waals surface area contributed by atoms with Crippen LogP contribution in [0.5, 0.6) is 5.75 Å². The Bertz CT molecular complexity index is 2340. The van der Waals surface area contributed by atoms with Crippen molar-refractivity contribution in [2.45, 2.75) is 24.6 Å². The van der Waals surface area contributed by atoms with Crippen molar-refractivity contribution >= 4 is 44.8 Å². The summed E-state index contributed by atoms with van der Waals surface area (Å²) in [4.78, 5) is 40.2. The molecule has 0 aliphatic carbocycles. The van der Waals surface area contributed by atoms with Gasteiger partial charge < -0.3 is 25.8 Å². The van der Waals surface area contributed by atoms with Crippen molar-refractivity contribution in [3.63, 3.8) is 0 Å². The second-order valence-corrected chi connectivity index (χ2v) is 13.9. The van der Waals surface area contributed by atoms with Gasteiger partial charge in [-0.2, -0.15) is 5.10 Å². The van der Waals surface area contributed by atoms with E-state index in [1.807, 2.05) is 47.4 Å². The monoisotopic (exact) mass is 725 g/mol. The van der Waals surface area contributed by atoms with E-state index in [0.717, 1.165) is 34.8 Å². The summed E-state index contributed by atoms with van der Waals surface area (Å²) < 4.78 is 37.5. The minimum atomic E-state index is -1.77. The molecule has 6 aromatic rings. The van der Waals surface area contributed by atoms with Crippen molar-refractivity contribution in [2.24, 2.45) is 0 Å². The van der Waals surface area contributed by atoms with Crippen LogP contribution in [-0.2, 0) is 12.1 Å². The van der Waals surface area contributed by atoms with Gasteiger partial charge in [-0.1, -0.05) is 24.3 Å². The maximum absolute atomic E-state index is 15.0. The first-order chi connectivity index (χ1) is 25.1. The van der Waals surface area contributed by atoms with E-state index in [1.54, 1.807) is 12.1 Å². The number of nitrogens with one attached hydrogen (secondary N) is 1. The molecule has 3 aromatic heterocycles. The Morgan fingerprint density at radius 1 is 1.06 bits per heavy atom. The van der Waals surface area contributed by atoms with Crippen LogP contribution in [0.1, 0.15) is 21.7 Å². The summed E-state index contributed by atoms with van der Waals surface area (Å²) in [6.45, 7) is 1.86. The minimum Gasteiger partial charge on any atom is -0.490 e. The lowest BCUT2D eigenvalue weighted by Crippen LogP contribution is -2.45. The molecule has 4 N–H and O–H groups in total. The molecule has 0 unspecified atom stereocenters. The third-order valence-corrected chi connectivity index (χ3v) is 10.4. The Labute approximate surface area is 299 Å². The average molecular weight is 726 g/mol. The fraction of sp³-hybridized carbons (Fsp3) is 0.250. The molecule has 1 fully saturated rings. The van der Waals surface area contributed by atoms with E-state index in [2.05, 4.69) is 25.3 Å². The van der Waals surface area contributed by atoms with Gasteiger partial charge in [0, 0.05) is 43.0 Å². The predicted molar refractivity (Wildman–Crippen MR) is 191 cm³/mol. The quantitative estimate of drug-likeness (QED) is 0.200. The predicted octanol–water partition coefficient (Wildman–Crippen LogP) is 3.82. The largest absolute Gasteiger partial charge is 0.490 e. The fourth-order valence-corrected chi connectivity index (χ4v) is 7.90. The molecule has 2 aliphatic heterocycles. The molecule has 2 aliphatic rings. The van der Waals surface area contributed by atoms with Crippen LogP contribution in [0.2, 0.25) is 0 Å². The third-order valence-electron chi connectivity index (χ3n) is 9.35. The molecule has 0 bridgehead atoms. The van der Waals surface area contributed by atoms with Gasteiger partial charge in [0.2, 0.25) is 0 Å². The average Bonchev–Trinajstić information content (AvgIpc) is 3.91. The first-order valence-electron chi connectivity index (χ1n) is 16.6. The number of nitrogens with zero attached hydrogens (tertiary/aromatic N) is 7. The summed E-state index contributed by atoms with van der Waals surface area (Å²) in [5.41, 5.74) is 6.51. The van der Waals surface area contributed by atoms with Crippen LogP contribution in [0, 0.1) is 11.6 Å². The number of thiophene rings is 1. The van der Waals surface area contributed by atoms with E-state index in [4.69, 9.17) is 10.5 Å². The van der Waals surface area contributed by atoms with E-state index >= 15 is 0 Å². The number of anilines is 3. The van der Waals surface area contributed by atoms with Crippen molar-refractivity contribution in [2.75, 3.05) is 43.4 Å². The zero-order chi connectivity index (χ0) is 36.0. The Morgan fingerprint density at radius 2 is 1.90 bits per heavy atom. The summed E-state index contributed by atoms with van der Waals surface area (Å²) in [6, 6.07) is 19.8. The van der Waals surface area contributed by atoms with Crippen molar-refractivity contribution in [3.8, 4) is 11.4 Å². The smallest absolute Gasteiger partial charge is 0.298 e. The number of para-hydroxylation sites is 1. The molecule has 3 aromatic carbocycles. The summed E-state index contributed by atoms with van der Waals surface area (Å²) >= 11 is 1.12. The first kappa shape index (κ1) is 33.4. The summed E-state index contributed by atoms with van der Waals surface area (Å²) in [7, 11) is 0. The zero-order valence-electron chi connectivity index (χ0n) is 27.7. The lowest BCUT2D eigenvalue weighted by atomic mass is 9.92. The highest BCUT2D eigenvalue weighted by molar-refractivity contribution is 7.20. The van der Waals surface area contributed by atoms with E-state index < -0.39 is 22.8 Å². The highest BCUT2D eigenvalue weighted by Gasteiger charge is 2.38. The zero-order valence-corrected chi connectivity index (χ0v) is 28.5. The SMILES string of the molecule is Nc1nc2sc(C(=O)N[C@@H]3CCN(C[C@@](O)(Cn4cncn4)c4ccc(F)cc4F)C3)cc2n(-c2ccc3c(c2)N(c2ccccc2)CCO3)c1=O. The van der Waals surface area contributed by atoms with Gasteiger partial charge in [-0.15, -0.1) is 11.3 Å². The van der Waals surface area contributed by atoms with Gasteiger partial charge in [-0.25, -0.2) is 23.4 Å². The number of hydrogen-bond acceptors (Lipinski definition) is 11. The van der Waals surface area contributed by atoms with Crippen LogP contribution in [0.15, 0.2) is 90.2 Å². The first-order valence-corrected chi connectivity index (χ1v) is 17.4. The second-order valence-electron chi connectivity index (χ2n) is 12.9. The molecular formula is C36H33F2N9O4S. The number of ether oxygens (including phenoxy) is 1. The highest BCUT2D eigenvalue weighted by atomic mass is 32.1. The molecule has 16 heteroatoms. The summed E-state index contributed by atoms with van der Waals surface area (Å²) in [6.07, 6.45) is 3.28. The van der Waals surface area contributed by atoms with Crippen LogP contribution in [-0.4, -0.2) is 79.1 Å². The van der Waals surface area contributed by atoms with Crippen LogP contribution in [0.25, 0.3) is 16.0 Å². The lowest BCUT2D eigenvalue weighted by molar-refractivity contribution is -0.0167. The number of fused-ring (bicyclic) bond motifs is 2. The Hall–Kier alpha value is -5.71. The molecule has 0 spiro atoms. The van der Waals surface area contributed by atoms with Crippen molar-refractivity contribution in [1.29, 1.82) is 0 Å². The molecule has 0 saturated carbocycles. The molecule has 52 heavy (non-hydrogen) atoms. The normalized spacial score (nSPS) is 17.1. The number of nitrogen functional groups attached to an aromatic ring is 1. The molecule has 8 rings (SSSR count). The molecule has 1 amide bonds. The van der Waals surface area contributed by atoms with Crippen LogP contribution in [0.3, 0.4) is 0 Å². The van der Waals surface area contributed by atoms with Gasteiger partial charge >= 0.3 is 0 Å². The van der Waals surface area contributed by atoms with Crippen molar-refractivity contribution in [3.05, 3.63) is 118 Å². The number of likely N-dealkylation sites (tertiary alicyclic amines) is 1. The Balaban J connectivity index is 1.03. The van der Waals surface area contributed by atoms with Gasteiger partial charge in [-0.05, 0) is 48.9 Å². The van der Waals surface area contributed by atoms with E-state index in [0.29, 0.717) is 59.3 Å². The maximum Gasteiger partial charge on any atom is 0.298 e. The number of hydrogen-bond donors (Lipinski definition) is 3. The summed E-state index contributed by atoms with van der Waals surface area (Å²) in [5, 5.41) is 18.9. The molecular weight excluding hydrogens is 693 g/mol. The number of rotatable bonds is 9. The number of aromatic nitrogens is 5. The lowest BCUT2D eigenvalue weighted by Gasteiger charge is -2.33. The second kappa shape index (κ2) is 13.4. The number of aliphatic hydroxyl groups is 1. The molecule has 1 saturated heterocycles. The molecule has 13 nitrogen and oxygen atoms in total. The minimum absolute atomic E-state index is 0.00629. The van der Waals surface area contributed by atoms with E-state index in [9.17, 15) is 23.5 Å². The van der Waals surface area contributed by atoms with Gasteiger partial charge in [0.25, 0.3) is 11.5 Å². The van der Waals surface area contributed by atoms with Crippen LogP contribution in [0.4, 0.5) is 26.0 Å². The third kappa shape index (κ3) is 6.35. The van der Waals surface area contributed by atoms with Gasteiger partial charge in [0.15, 0.2) is 5.82 Å². The fourth-order valence-electron chi connectivity index (χ4n) is 6.97. The van der Waals surface area contributed by atoms with Crippen molar-refractivity contribution < 1.29 is 23.4 Å². The van der Waals surface area contributed by atoms with Gasteiger partial charge in [0.1, 0.15) is 47.1 Å². The number of β-amino-alcohol motifs (C(OH)–C–C–N with tert-alkyl or cyclic N) is 1.